The molecule has 196 valence electrons. The third-order valence-corrected chi connectivity index (χ3v) is 6.56. The molecule has 0 bridgehead atoms. The molecule has 0 fully saturated rings. The molecular formula is C33H26N4O3. The molecule has 5 rings (SSSR count). The van der Waals surface area contributed by atoms with E-state index in [0.717, 1.165) is 21.7 Å². The highest BCUT2D eigenvalue weighted by atomic mass is 16.5. The van der Waals surface area contributed by atoms with Crippen LogP contribution in [0.4, 0.5) is 0 Å². The Morgan fingerprint density at radius 2 is 1.70 bits per heavy atom. The van der Waals surface area contributed by atoms with E-state index in [-0.39, 0.29) is 17.7 Å². The van der Waals surface area contributed by atoms with Gasteiger partial charge in [0.05, 0.1) is 5.69 Å². The first-order chi connectivity index (χ1) is 19.5. The van der Waals surface area contributed by atoms with Gasteiger partial charge in [-0.15, -0.1) is 6.58 Å². The molecule has 1 aliphatic rings. The number of nitrogens with zero attached hydrogens (tertiary/aromatic N) is 4. The fourth-order valence-electron chi connectivity index (χ4n) is 4.48. The molecule has 2 amide bonds. The molecule has 0 spiro atoms. The lowest BCUT2D eigenvalue weighted by atomic mass is 9.93. The molecule has 0 atom stereocenters. The number of nitriles is 1. The van der Waals surface area contributed by atoms with Gasteiger partial charge < -0.3 is 4.74 Å². The molecule has 1 aromatic heterocycles. The van der Waals surface area contributed by atoms with E-state index in [0.29, 0.717) is 29.2 Å². The van der Waals surface area contributed by atoms with Crippen molar-refractivity contribution in [2.45, 2.75) is 13.5 Å². The molecule has 3 aromatic carbocycles. The Morgan fingerprint density at radius 3 is 2.40 bits per heavy atom. The Bertz CT molecular complexity index is 1690. The van der Waals surface area contributed by atoms with Crippen LogP contribution in [0.15, 0.2) is 121 Å². The number of carbonyl (C=O) groups is 2. The van der Waals surface area contributed by atoms with Gasteiger partial charge in [0.15, 0.2) is 0 Å². The summed E-state index contributed by atoms with van der Waals surface area (Å²) in [5.41, 5.74) is 4.46. The minimum atomic E-state index is -0.620. The normalized spacial score (nSPS) is 14.4. The number of rotatable bonds is 8. The Hall–Kier alpha value is -5.48. The molecule has 0 N–H and O–H groups in total. The van der Waals surface area contributed by atoms with E-state index in [1.807, 2.05) is 97.2 Å². The van der Waals surface area contributed by atoms with Crippen LogP contribution in [-0.4, -0.2) is 33.0 Å². The van der Waals surface area contributed by atoms with Gasteiger partial charge >= 0.3 is 0 Å². The quantitative estimate of drug-likeness (QED) is 0.162. The zero-order valence-electron chi connectivity index (χ0n) is 21.9. The molecule has 40 heavy (non-hydrogen) atoms. The van der Waals surface area contributed by atoms with E-state index in [1.165, 1.54) is 6.08 Å². The summed E-state index contributed by atoms with van der Waals surface area (Å²) in [7, 11) is 0. The summed E-state index contributed by atoms with van der Waals surface area (Å²) in [4.78, 5) is 27.2. The van der Waals surface area contributed by atoms with Gasteiger partial charge in [-0.3, -0.25) is 14.5 Å². The molecule has 0 saturated carbocycles. The lowest BCUT2D eigenvalue weighted by molar-refractivity contribution is -0.139. The lowest BCUT2D eigenvalue weighted by Gasteiger charge is -2.26. The van der Waals surface area contributed by atoms with Crippen molar-refractivity contribution < 1.29 is 14.3 Å². The molecule has 0 aliphatic carbocycles. The van der Waals surface area contributed by atoms with Gasteiger partial charge in [0.1, 0.15) is 29.7 Å². The number of aromatic nitrogens is 2. The first kappa shape index (κ1) is 26.1. The zero-order valence-corrected chi connectivity index (χ0v) is 21.9. The Balaban J connectivity index is 1.60. The summed E-state index contributed by atoms with van der Waals surface area (Å²) in [5, 5.41) is 14.5. The average molecular weight is 527 g/mol. The first-order valence-electron chi connectivity index (χ1n) is 12.7. The second-order valence-corrected chi connectivity index (χ2v) is 9.19. The molecule has 0 radical (unpaired) electrons. The van der Waals surface area contributed by atoms with Gasteiger partial charge in [0.25, 0.3) is 11.8 Å². The Labute approximate surface area is 232 Å². The van der Waals surface area contributed by atoms with Crippen molar-refractivity contribution in [3.63, 3.8) is 0 Å². The first-order valence-corrected chi connectivity index (χ1v) is 12.7. The number of amides is 2. The number of para-hydroxylation sites is 1. The maximum absolute atomic E-state index is 13.4. The summed E-state index contributed by atoms with van der Waals surface area (Å²) in [5.74, 6) is -0.432. The van der Waals surface area contributed by atoms with Crippen molar-refractivity contribution in [1.82, 2.24) is 14.7 Å². The third kappa shape index (κ3) is 5.24. The number of benzene rings is 3. The standard InChI is InChI=1S/C33H26N4O3/c1-3-17-36-32(38)29(23(2)30(20-34)33(36)39)19-26-21-37(27-14-8-5-9-15-27)35-31(26)25-13-10-16-28(18-25)40-22-24-11-6-4-7-12-24/h3-16,18-19,21H,1,17,22H2,2H3/b29-19+. The van der Waals surface area contributed by atoms with Gasteiger partial charge in [-0.1, -0.05) is 66.7 Å². The van der Waals surface area contributed by atoms with Crippen LogP contribution in [0.5, 0.6) is 5.75 Å². The SMILES string of the molecule is C=CCN1C(=O)C(C#N)=C(C)/C(=C\c2cn(-c3ccccc3)nc2-c2cccc(OCc3ccccc3)c2)C1=O. The molecular weight excluding hydrogens is 500 g/mol. The predicted octanol–water partition coefficient (Wildman–Crippen LogP) is 5.90. The fourth-order valence-corrected chi connectivity index (χ4v) is 4.48. The lowest BCUT2D eigenvalue weighted by Crippen LogP contribution is -2.42. The van der Waals surface area contributed by atoms with Gasteiger partial charge in [0.2, 0.25) is 0 Å². The van der Waals surface area contributed by atoms with E-state index >= 15 is 0 Å². The molecule has 0 unspecified atom stereocenters. The number of ether oxygens (including phenoxy) is 1. The number of carbonyl (C=O) groups excluding carboxylic acids is 2. The van der Waals surface area contributed by atoms with E-state index in [4.69, 9.17) is 9.84 Å². The number of hydrogen-bond donors (Lipinski definition) is 0. The summed E-state index contributed by atoms with van der Waals surface area (Å²) >= 11 is 0. The van der Waals surface area contributed by atoms with E-state index in [2.05, 4.69) is 6.58 Å². The van der Waals surface area contributed by atoms with Gasteiger partial charge in [-0.05, 0) is 48.4 Å². The van der Waals surface area contributed by atoms with Crippen molar-refractivity contribution in [2.24, 2.45) is 0 Å². The zero-order chi connectivity index (χ0) is 28.1. The summed E-state index contributed by atoms with van der Waals surface area (Å²) in [6.07, 6.45) is 4.98. The smallest absolute Gasteiger partial charge is 0.271 e. The van der Waals surface area contributed by atoms with Crippen LogP contribution in [0.3, 0.4) is 0 Å². The monoisotopic (exact) mass is 526 g/mol. The van der Waals surface area contributed by atoms with Crippen LogP contribution in [0.2, 0.25) is 0 Å². The number of imide groups is 1. The largest absolute Gasteiger partial charge is 0.489 e. The summed E-state index contributed by atoms with van der Waals surface area (Å²) in [6.45, 7) is 5.69. The van der Waals surface area contributed by atoms with Crippen molar-refractivity contribution >= 4 is 17.9 Å². The average Bonchev–Trinajstić information content (AvgIpc) is 3.42. The number of hydrogen-bond acceptors (Lipinski definition) is 5. The van der Waals surface area contributed by atoms with E-state index in [1.54, 1.807) is 17.7 Å². The minimum Gasteiger partial charge on any atom is -0.489 e. The van der Waals surface area contributed by atoms with Crippen LogP contribution < -0.4 is 4.74 Å². The molecule has 2 heterocycles. The Morgan fingerprint density at radius 1 is 0.975 bits per heavy atom. The van der Waals surface area contributed by atoms with Gasteiger partial charge in [0, 0.05) is 29.4 Å². The van der Waals surface area contributed by atoms with Crippen LogP contribution in [0.25, 0.3) is 23.0 Å². The minimum absolute atomic E-state index is 0.00436. The highest BCUT2D eigenvalue weighted by Crippen LogP contribution is 2.32. The van der Waals surface area contributed by atoms with Crippen LogP contribution in [0.1, 0.15) is 18.1 Å². The van der Waals surface area contributed by atoms with Crippen LogP contribution in [0, 0.1) is 11.3 Å². The van der Waals surface area contributed by atoms with Crippen LogP contribution >= 0.6 is 0 Å². The Kier molecular flexibility index (Phi) is 7.52. The maximum atomic E-state index is 13.4. The molecule has 4 aromatic rings. The highest BCUT2D eigenvalue weighted by molar-refractivity contribution is 6.19. The fraction of sp³-hybridized carbons (Fsp3) is 0.0909. The van der Waals surface area contributed by atoms with Gasteiger partial charge in [-0.25, -0.2) is 4.68 Å². The molecule has 7 heteroatoms. The second kappa shape index (κ2) is 11.5. The van der Waals surface area contributed by atoms with Crippen LogP contribution in [-0.2, 0) is 16.2 Å². The maximum Gasteiger partial charge on any atom is 0.271 e. The topological polar surface area (TPSA) is 88.2 Å². The highest BCUT2D eigenvalue weighted by Gasteiger charge is 2.35. The van der Waals surface area contributed by atoms with Crippen molar-refractivity contribution in [2.75, 3.05) is 6.54 Å². The van der Waals surface area contributed by atoms with Gasteiger partial charge in [-0.2, -0.15) is 10.4 Å². The molecule has 0 saturated heterocycles. The van der Waals surface area contributed by atoms with Crippen molar-refractivity contribution in [3.05, 3.63) is 132 Å². The van der Waals surface area contributed by atoms with E-state index < -0.39 is 11.8 Å². The third-order valence-electron chi connectivity index (χ3n) is 6.56. The molecule has 1 aliphatic heterocycles. The van der Waals surface area contributed by atoms with E-state index in [9.17, 15) is 14.9 Å². The summed E-state index contributed by atoms with van der Waals surface area (Å²) in [6, 6.07) is 29.1. The predicted molar refractivity (Wildman–Crippen MR) is 153 cm³/mol. The van der Waals surface area contributed by atoms with Crippen molar-refractivity contribution in [3.8, 4) is 28.8 Å². The second-order valence-electron chi connectivity index (χ2n) is 9.19. The molecule has 7 nitrogen and oxygen atoms in total. The van der Waals surface area contributed by atoms with Crippen molar-refractivity contribution in [1.29, 1.82) is 5.26 Å². The summed E-state index contributed by atoms with van der Waals surface area (Å²) < 4.78 is 7.79.